The lowest BCUT2D eigenvalue weighted by Gasteiger charge is -2.27. The number of ether oxygens (including phenoxy) is 1. The van der Waals surface area contributed by atoms with E-state index in [1.54, 1.807) is 0 Å². The first kappa shape index (κ1) is 13.7. The van der Waals surface area contributed by atoms with Gasteiger partial charge in [0.2, 0.25) is 0 Å². The third kappa shape index (κ3) is 3.61. The highest BCUT2D eigenvalue weighted by Crippen LogP contribution is 2.34. The Morgan fingerprint density at radius 1 is 1.22 bits per heavy atom. The maximum absolute atomic E-state index is 11.8. The van der Waals surface area contributed by atoms with E-state index in [1.165, 1.54) is 25.7 Å². The summed E-state index contributed by atoms with van der Waals surface area (Å²) in [6.45, 7) is 7.60. The Morgan fingerprint density at radius 3 is 2.50 bits per heavy atom. The number of alkyl carbamates (subject to hydrolysis) is 1. The van der Waals surface area contributed by atoms with Crippen molar-refractivity contribution in [1.82, 2.24) is 10.6 Å². The highest BCUT2D eigenvalue weighted by atomic mass is 16.6. The van der Waals surface area contributed by atoms with Gasteiger partial charge in [-0.3, -0.25) is 0 Å². The van der Waals surface area contributed by atoms with Crippen LogP contribution in [-0.2, 0) is 4.74 Å². The molecule has 4 nitrogen and oxygen atoms in total. The van der Waals surface area contributed by atoms with E-state index in [9.17, 15) is 4.79 Å². The van der Waals surface area contributed by atoms with Crippen molar-refractivity contribution in [2.24, 2.45) is 11.8 Å². The molecule has 0 spiro atoms. The molecule has 0 aromatic heterocycles. The molecule has 1 amide bonds. The predicted octanol–water partition coefficient (Wildman–Crippen LogP) is 2.29. The maximum Gasteiger partial charge on any atom is 0.407 e. The van der Waals surface area contributed by atoms with Crippen molar-refractivity contribution >= 4 is 6.09 Å². The Hall–Kier alpha value is -0.770. The molecule has 0 radical (unpaired) electrons. The second kappa shape index (κ2) is 5.47. The van der Waals surface area contributed by atoms with Gasteiger partial charge in [-0.25, -0.2) is 4.79 Å². The van der Waals surface area contributed by atoms with Crippen LogP contribution in [0.15, 0.2) is 0 Å². The molecule has 0 bridgehead atoms. The standard InChI is InChI=1S/C14H26N2O2/c1-14(2,3)18-13(17)16-12-9-15-8-11(12)10-6-4-5-7-10/h10-12,15H,4-9H2,1-3H3,(H,16,17)/t11-,12+/m1/s1. The van der Waals surface area contributed by atoms with Gasteiger partial charge in [0.25, 0.3) is 0 Å². The molecule has 2 aliphatic rings. The topological polar surface area (TPSA) is 50.4 Å². The lowest BCUT2D eigenvalue weighted by molar-refractivity contribution is 0.0489. The Bertz CT molecular complexity index is 293. The van der Waals surface area contributed by atoms with Gasteiger partial charge in [-0.05, 0) is 32.6 Å². The minimum Gasteiger partial charge on any atom is -0.444 e. The zero-order chi connectivity index (χ0) is 13.2. The number of carbonyl (C=O) groups is 1. The Labute approximate surface area is 110 Å². The molecular formula is C14H26N2O2. The van der Waals surface area contributed by atoms with Crippen molar-refractivity contribution < 1.29 is 9.53 Å². The summed E-state index contributed by atoms with van der Waals surface area (Å²) >= 11 is 0. The number of hydrogen-bond acceptors (Lipinski definition) is 3. The molecule has 18 heavy (non-hydrogen) atoms. The number of carbonyl (C=O) groups excluding carboxylic acids is 1. The molecule has 2 atom stereocenters. The summed E-state index contributed by atoms with van der Waals surface area (Å²) in [7, 11) is 0. The lowest BCUT2D eigenvalue weighted by Crippen LogP contribution is -2.44. The largest absolute Gasteiger partial charge is 0.444 e. The molecule has 2 N–H and O–H groups in total. The summed E-state index contributed by atoms with van der Waals surface area (Å²) in [5, 5.41) is 6.44. The van der Waals surface area contributed by atoms with Gasteiger partial charge in [0.05, 0.1) is 0 Å². The molecule has 1 saturated heterocycles. The first-order valence-electron chi connectivity index (χ1n) is 7.16. The van der Waals surface area contributed by atoms with E-state index in [0.29, 0.717) is 5.92 Å². The van der Waals surface area contributed by atoms with E-state index in [-0.39, 0.29) is 12.1 Å². The number of nitrogens with one attached hydrogen (secondary N) is 2. The summed E-state index contributed by atoms with van der Waals surface area (Å²) < 4.78 is 5.33. The van der Waals surface area contributed by atoms with Gasteiger partial charge in [0.1, 0.15) is 5.60 Å². The normalized spacial score (nSPS) is 29.5. The van der Waals surface area contributed by atoms with Crippen LogP contribution >= 0.6 is 0 Å². The molecule has 0 aromatic carbocycles. The summed E-state index contributed by atoms with van der Waals surface area (Å²) in [5.74, 6) is 1.36. The van der Waals surface area contributed by atoms with Crippen LogP contribution in [0.1, 0.15) is 46.5 Å². The quantitative estimate of drug-likeness (QED) is 0.795. The van der Waals surface area contributed by atoms with Crippen molar-refractivity contribution in [1.29, 1.82) is 0 Å². The third-order valence-corrected chi connectivity index (χ3v) is 3.97. The smallest absolute Gasteiger partial charge is 0.407 e. The zero-order valence-corrected chi connectivity index (χ0v) is 11.8. The molecule has 1 aliphatic heterocycles. The van der Waals surface area contributed by atoms with Gasteiger partial charge >= 0.3 is 6.09 Å². The van der Waals surface area contributed by atoms with Crippen molar-refractivity contribution in [2.45, 2.75) is 58.1 Å². The molecule has 1 saturated carbocycles. The average molecular weight is 254 g/mol. The minimum atomic E-state index is -0.418. The second-order valence-corrected chi connectivity index (χ2v) is 6.62. The molecule has 2 fully saturated rings. The Balaban J connectivity index is 1.85. The van der Waals surface area contributed by atoms with Crippen LogP contribution < -0.4 is 10.6 Å². The van der Waals surface area contributed by atoms with Crippen LogP contribution in [-0.4, -0.2) is 30.8 Å². The molecule has 0 unspecified atom stereocenters. The Kier molecular flexibility index (Phi) is 4.15. The van der Waals surface area contributed by atoms with E-state index in [2.05, 4.69) is 10.6 Å². The minimum absolute atomic E-state index is 0.239. The van der Waals surface area contributed by atoms with Crippen LogP contribution in [0.2, 0.25) is 0 Å². The molecule has 2 rings (SSSR count). The fourth-order valence-electron chi connectivity index (χ4n) is 3.20. The predicted molar refractivity (Wildman–Crippen MR) is 71.5 cm³/mol. The van der Waals surface area contributed by atoms with Crippen LogP contribution in [0, 0.1) is 11.8 Å². The van der Waals surface area contributed by atoms with Crippen LogP contribution in [0.3, 0.4) is 0 Å². The molecule has 1 heterocycles. The summed E-state index contributed by atoms with van der Waals surface area (Å²) in [5.41, 5.74) is -0.418. The van der Waals surface area contributed by atoms with Crippen molar-refractivity contribution in [3.63, 3.8) is 0 Å². The molecule has 1 aliphatic carbocycles. The highest BCUT2D eigenvalue weighted by Gasteiger charge is 2.36. The SMILES string of the molecule is CC(C)(C)OC(=O)N[C@H]1CNC[C@@H]1C1CCCC1. The van der Waals surface area contributed by atoms with Gasteiger partial charge in [-0.1, -0.05) is 25.7 Å². The first-order valence-corrected chi connectivity index (χ1v) is 7.16. The van der Waals surface area contributed by atoms with E-state index in [1.807, 2.05) is 20.8 Å². The number of amides is 1. The molecule has 0 aromatic rings. The van der Waals surface area contributed by atoms with Gasteiger partial charge in [0, 0.05) is 19.1 Å². The van der Waals surface area contributed by atoms with E-state index >= 15 is 0 Å². The fraction of sp³-hybridized carbons (Fsp3) is 0.929. The monoisotopic (exact) mass is 254 g/mol. The summed E-state index contributed by atoms with van der Waals surface area (Å²) in [6, 6.07) is 0.239. The van der Waals surface area contributed by atoms with E-state index in [4.69, 9.17) is 4.74 Å². The molecular weight excluding hydrogens is 228 g/mol. The van der Waals surface area contributed by atoms with E-state index < -0.39 is 5.60 Å². The molecule has 104 valence electrons. The number of hydrogen-bond donors (Lipinski definition) is 2. The average Bonchev–Trinajstić information content (AvgIpc) is 2.82. The summed E-state index contributed by atoms with van der Waals surface area (Å²) in [6.07, 6.45) is 5.05. The van der Waals surface area contributed by atoms with Gasteiger partial charge in [-0.2, -0.15) is 0 Å². The lowest BCUT2D eigenvalue weighted by atomic mass is 9.87. The fourth-order valence-corrected chi connectivity index (χ4v) is 3.20. The van der Waals surface area contributed by atoms with Gasteiger partial charge < -0.3 is 15.4 Å². The third-order valence-electron chi connectivity index (χ3n) is 3.97. The maximum atomic E-state index is 11.8. The molecule has 4 heteroatoms. The Morgan fingerprint density at radius 2 is 1.89 bits per heavy atom. The first-order chi connectivity index (χ1) is 8.46. The van der Waals surface area contributed by atoms with Crippen LogP contribution in [0.4, 0.5) is 4.79 Å². The van der Waals surface area contributed by atoms with Crippen molar-refractivity contribution in [2.75, 3.05) is 13.1 Å². The van der Waals surface area contributed by atoms with Crippen LogP contribution in [0.25, 0.3) is 0 Å². The second-order valence-electron chi connectivity index (χ2n) is 6.62. The van der Waals surface area contributed by atoms with Crippen molar-refractivity contribution in [3.8, 4) is 0 Å². The van der Waals surface area contributed by atoms with E-state index in [0.717, 1.165) is 19.0 Å². The zero-order valence-electron chi connectivity index (χ0n) is 11.8. The van der Waals surface area contributed by atoms with Crippen LogP contribution in [0.5, 0.6) is 0 Å². The van der Waals surface area contributed by atoms with Crippen molar-refractivity contribution in [3.05, 3.63) is 0 Å². The van der Waals surface area contributed by atoms with Gasteiger partial charge in [0.15, 0.2) is 0 Å². The van der Waals surface area contributed by atoms with Gasteiger partial charge in [-0.15, -0.1) is 0 Å². The highest BCUT2D eigenvalue weighted by molar-refractivity contribution is 5.68. The summed E-state index contributed by atoms with van der Waals surface area (Å²) in [4.78, 5) is 11.8. The number of rotatable bonds is 2.